The third-order valence-corrected chi connectivity index (χ3v) is 5.77. The summed E-state index contributed by atoms with van der Waals surface area (Å²) >= 11 is 0. The van der Waals surface area contributed by atoms with Crippen molar-refractivity contribution < 1.29 is 14.3 Å². The van der Waals surface area contributed by atoms with E-state index in [1.54, 1.807) is 7.11 Å². The monoisotopic (exact) mass is 378 g/mol. The first-order chi connectivity index (χ1) is 13.7. The molecular formula is C23H26N2O3. The normalized spacial score (nSPS) is 21.4. The van der Waals surface area contributed by atoms with Crippen LogP contribution in [0.15, 0.2) is 54.6 Å². The van der Waals surface area contributed by atoms with Gasteiger partial charge < -0.3 is 15.0 Å². The molecule has 2 aromatic rings. The summed E-state index contributed by atoms with van der Waals surface area (Å²) in [5, 5.41) is 3.11. The Labute approximate surface area is 165 Å². The molecule has 1 aliphatic heterocycles. The first-order valence-electron chi connectivity index (χ1n) is 9.91. The van der Waals surface area contributed by atoms with Crippen LogP contribution in [0, 0.1) is 11.8 Å². The number of amides is 2. The van der Waals surface area contributed by atoms with Gasteiger partial charge in [-0.15, -0.1) is 0 Å². The Balaban J connectivity index is 1.54. The highest BCUT2D eigenvalue weighted by molar-refractivity contribution is 5.95. The highest BCUT2D eigenvalue weighted by Gasteiger charge is 2.40. The van der Waals surface area contributed by atoms with Crippen molar-refractivity contribution in [3.05, 3.63) is 65.7 Å². The van der Waals surface area contributed by atoms with Crippen molar-refractivity contribution in [1.82, 2.24) is 10.2 Å². The summed E-state index contributed by atoms with van der Waals surface area (Å²) in [6.07, 6.45) is 2.40. The molecule has 1 heterocycles. The minimum Gasteiger partial charge on any atom is -0.497 e. The van der Waals surface area contributed by atoms with E-state index in [2.05, 4.69) is 5.32 Å². The van der Waals surface area contributed by atoms with E-state index in [0.29, 0.717) is 24.6 Å². The molecule has 0 bridgehead atoms. The van der Waals surface area contributed by atoms with E-state index in [1.165, 1.54) is 12.8 Å². The average Bonchev–Trinajstić information content (AvgIpc) is 3.48. The molecule has 146 valence electrons. The topological polar surface area (TPSA) is 58.6 Å². The second-order valence-corrected chi connectivity index (χ2v) is 7.75. The lowest BCUT2D eigenvalue weighted by molar-refractivity contribution is -0.125. The Bertz CT molecular complexity index is 831. The number of rotatable bonds is 6. The SMILES string of the molecule is COc1ccc(C2CN(C(=O)c3ccccc3)CC2C(=O)NCC2CC2)cc1. The standard InChI is InChI=1S/C23H26N2O3/c1-28-19-11-9-17(10-12-19)20-14-25(23(27)18-5-3-2-4-6-18)15-21(20)22(26)24-13-16-7-8-16/h2-6,9-12,16,20-21H,7-8,13-15H2,1H3,(H,24,26). The zero-order valence-electron chi connectivity index (χ0n) is 16.1. The Kier molecular flexibility index (Phi) is 5.33. The molecule has 2 aliphatic rings. The van der Waals surface area contributed by atoms with Crippen LogP contribution in [0.4, 0.5) is 0 Å². The minimum atomic E-state index is -0.236. The van der Waals surface area contributed by atoms with E-state index < -0.39 is 0 Å². The fraction of sp³-hybridized carbons (Fsp3) is 0.391. The maximum Gasteiger partial charge on any atom is 0.253 e. The van der Waals surface area contributed by atoms with Gasteiger partial charge in [0.2, 0.25) is 5.91 Å². The van der Waals surface area contributed by atoms with Gasteiger partial charge in [0.15, 0.2) is 0 Å². The smallest absolute Gasteiger partial charge is 0.253 e. The number of carbonyl (C=O) groups excluding carboxylic acids is 2. The van der Waals surface area contributed by atoms with Crippen LogP contribution in [0.3, 0.4) is 0 Å². The highest BCUT2D eigenvalue weighted by atomic mass is 16.5. The van der Waals surface area contributed by atoms with Gasteiger partial charge in [-0.2, -0.15) is 0 Å². The second kappa shape index (κ2) is 8.05. The number of ether oxygens (including phenoxy) is 1. The molecule has 4 rings (SSSR count). The fourth-order valence-electron chi connectivity index (χ4n) is 3.89. The molecule has 1 saturated heterocycles. The zero-order valence-corrected chi connectivity index (χ0v) is 16.1. The molecule has 2 fully saturated rings. The Morgan fingerprint density at radius 1 is 1.04 bits per heavy atom. The molecule has 0 radical (unpaired) electrons. The van der Waals surface area contributed by atoms with Crippen LogP contribution in [0.5, 0.6) is 5.75 Å². The maximum absolute atomic E-state index is 12.9. The minimum absolute atomic E-state index is 0.0160. The summed E-state index contributed by atoms with van der Waals surface area (Å²) in [5.74, 6) is 1.20. The van der Waals surface area contributed by atoms with Crippen LogP contribution in [0.25, 0.3) is 0 Å². The highest BCUT2D eigenvalue weighted by Crippen LogP contribution is 2.35. The molecule has 0 aromatic heterocycles. The molecular weight excluding hydrogens is 352 g/mol. The molecule has 5 nitrogen and oxygen atoms in total. The van der Waals surface area contributed by atoms with Crippen molar-refractivity contribution in [2.75, 3.05) is 26.7 Å². The average molecular weight is 378 g/mol. The van der Waals surface area contributed by atoms with E-state index in [4.69, 9.17) is 4.74 Å². The van der Waals surface area contributed by atoms with Crippen LogP contribution in [0.1, 0.15) is 34.7 Å². The van der Waals surface area contributed by atoms with Gasteiger partial charge in [-0.3, -0.25) is 9.59 Å². The predicted molar refractivity (Wildman–Crippen MR) is 107 cm³/mol. The summed E-state index contributed by atoms with van der Waals surface area (Å²) in [6.45, 7) is 1.74. The molecule has 2 aromatic carbocycles. The van der Waals surface area contributed by atoms with Gasteiger partial charge in [0.05, 0.1) is 13.0 Å². The van der Waals surface area contributed by atoms with Crippen molar-refractivity contribution in [2.45, 2.75) is 18.8 Å². The number of carbonyl (C=O) groups is 2. The van der Waals surface area contributed by atoms with Crippen LogP contribution in [-0.2, 0) is 4.79 Å². The second-order valence-electron chi connectivity index (χ2n) is 7.75. The lowest BCUT2D eigenvalue weighted by Gasteiger charge is -2.18. The summed E-state index contributed by atoms with van der Waals surface area (Å²) in [6, 6.07) is 17.1. The van der Waals surface area contributed by atoms with Gasteiger partial charge in [-0.05, 0) is 48.6 Å². The quantitative estimate of drug-likeness (QED) is 0.840. The first-order valence-corrected chi connectivity index (χ1v) is 9.91. The van der Waals surface area contributed by atoms with Crippen LogP contribution < -0.4 is 10.1 Å². The van der Waals surface area contributed by atoms with Crippen molar-refractivity contribution in [1.29, 1.82) is 0 Å². The maximum atomic E-state index is 12.9. The lowest BCUT2D eigenvalue weighted by atomic mass is 9.88. The lowest BCUT2D eigenvalue weighted by Crippen LogP contribution is -2.36. The van der Waals surface area contributed by atoms with Gasteiger partial charge in [0, 0.05) is 31.1 Å². The van der Waals surface area contributed by atoms with E-state index in [-0.39, 0.29) is 23.7 Å². The number of hydrogen-bond donors (Lipinski definition) is 1. The molecule has 5 heteroatoms. The molecule has 28 heavy (non-hydrogen) atoms. The van der Waals surface area contributed by atoms with Gasteiger partial charge in [0.25, 0.3) is 5.91 Å². The van der Waals surface area contributed by atoms with Crippen LogP contribution in [0.2, 0.25) is 0 Å². The Morgan fingerprint density at radius 3 is 2.39 bits per heavy atom. The van der Waals surface area contributed by atoms with E-state index in [9.17, 15) is 9.59 Å². The summed E-state index contributed by atoms with van der Waals surface area (Å²) < 4.78 is 5.25. The largest absolute Gasteiger partial charge is 0.497 e. The van der Waals surface area contributed by atoms with Crippen molar-refractivity contribution in [3.8, 4) is 5.75 Å². The molecule has 1 aliphatic carbocycles. The molecule has 1 saturated carbocycles. The molecule has 2 amide bonds. The van der Waals surface area contributed by atoms with Crippen molar-refractivity contribution in [3.63, 3.8) is 0 Å². The summed E-state index contributed by atoms with van der Waals surface area (Å²) in [7, 11) is 1.64. The number of likely N-dealkylation sites (tertiary alicyclic amines) is 1. The van der Waals surface area contributed by atoms with Gasteiger partial charge in [-0.1, -0.05) is 30.3 Å². The van der Waals surface area contributed by atoms with Crippen LogP contribution in [-0.4, -0.2) is 43.5 Å². The van der Waals surface area contributed by atoms with Gasteiger partial charge in [-0.25, -0.2) is 0 Å². The molecule has 1 N–H and O–H groups in total. The van der Waals surface area contributed by atoms with E-state index >= 15 is 0 Å². The van der Waals surface area contributed by atoms with Crippen molar-refractivity contribution in [2.24, 2.45) is 11.8 Å². The molecule has 2 atom stereocenters. The molecule has 2 unspecified atom stereocenters. The van der Waals surface area contributed by atoms with Crippen molar-refractivity contribution >= 4 is 11.8 Å². The fourth-order valence-corrected chi connectivity index (χ4v) is 3.89. The number of hydrogen-bond acceptors (Lipinski definition) is 3. The van der Waals surface area contributed by atoms with Gasteiger partial charge >= 0.3 is 0 Å². The summed E-state index contributed by atoms with van der Waals surface area (Å²) in [4.78, 5) is 27.7. The van der Waals surface area contributed by atoms with E-state index in [1.807, 2.05) is 59.5 Å². The zero-order chi connectivity index (χ0) is 19.5. The molecule has 0 spiro atoms. The first kappa shape index (κ1) is 18.5. The number of benzene rings is 2. The third-order valence-electron chi connectivity index (χ3n) is 5.77. The number of methoxy groups -OCH3 is 1. The Hall–Kier alpha value is -2.82. The predicted octanol–water partition coefficient (Wildman–Crippen LogP) is 3.08. The number of nitrogens with one attached hydrogen (secondary N) is 1. The third kappa shape index (κ3) is 4.03. The van der Waals surface area contributed by atoms with Crippen LogP contribution >= 0.6 is 0 Å². The van der Waals surface area contributed by atoms with Gasteiger partial charge in [0.1, 0.15) is 5.75 Å². The number of nitrogens with zero attached hydrogens (tertiary/aromatic N) is 1. The Morgan fingerprint density at radius 2 is 1.75 bits per heavy atom. The summed E-state index contributed by atoms with van der Waals surface area (Å²) in [5.41, 5.74) is 1.73. The van der Waals surface area contributed by atoms with E-state index in [0.717, 1.165) is 17.9 Å².